The van der Waals surface area contributed by atoms with Gasteiger partial charge in [0.2, 0.25) is 0 Å². The first-order valence-electron chi connectivity index (χ1n) is 14.4. The summed E-state index contributed by atoms with van der Waals surface area (Å²) < 4.78 is 66.1. The molecular formula is C40H26F4O2. The summed E-state index contributed by atoms with van der Waals surface area (Å²) in [6, 6.07) is 39.1. The highest BCUT2D eigenvalue weighted by Crippen LogP contribution is 2.29. The summed E-state index contributed by atoms with van der Waals surface area (Å²) in [5, 5.41) is 0. The largest absolute Gasteiger partial charge is 0.464 e. The Balaban J connectivity index is 1.18. The van der Waals surface area contributed by atoms with Gasteiger partial charge in [0.05, 0.1) is 12.5 Å². The topological polar surface area (TPSA) is 18.5 Å². The third kappa shape index (κ3) is 7.42. The molecule has 0 saturated heterocycles. The lowest BCUT2D eigenvalue weighted by Gasteiger charge is -2.11. The molecule has 0 radical (unpaired) electrons. The van der Waals surface area contributed by atoms with E-state index in [0.717, 1.165) is 33.4 Å². The molecule has 2 nitrogen and oxygen atoms in total. The fraction of sp³-hybridized carbons (Fsp3) is 0. The van der Waals surface area contributed by atoms with E-state index < -0.39 is 0 Å². The monoisotopic (exact) mass is 614 g/mol. The second-order valence-corrected chi connectivity index (χ2v) is 10.4. The zero-order valence-corrected chi connectivity index (χ0v) is 24.3. The molecule has 0 N–H and O–H groups in total. The highest BCUT2D eigenvalue weighted by Gasteiger charge is 2.09. The van der Waals surface area contributed by atoms with Crippen LogP contribution in [0.15, 0.2) is 158 Å². The molecule has 0 heterocycles. The van der Waals surface area contributed by atoms with E-state index in [-0.39, 0.29) is 23.3 Å². The lowest BCUT2D eigenvalue weighted by molar-refractivity contribution is 0.483. The molecule has 0 saturated carbocycles. The van der Waals surface area contributed by atoms with Gasteiger partial charge in [-0.05, 0) is 106 Å². The number of ether oxygens (including phenoxy) is 2. The van der Waals surface area contributed by atoms with Crippen molar-refractivity contribution in [3.8, 4) is 22.6 Å². The predicted molar refractivity (Wildman–Crippen MR) is 173 cm³/mol. The second-order valence-electron chi connectivity index (χ2n) is 10.4. The van der Waals surface area contributed by atoms with Gasteiger partial charge in [-0.3, -0.25) is 0 Å². The Morgan fingerprint density at radius 2 is 0.565 bits per heavy atom. The second kappa shape index (κ2) is 13.8. The van der Waals surface area contributed by atoms with Crippen LogP contribution >= 0.6 is 0 Å². The molecule has 46 heavy (non-hydrogen) atoms. The normalized spacial score (nSPS) is 10.6. The molecule has 0 aromatic heterocycles. The lowest BCUT2D eigenvalue weighted by Crippen LogP contribution is -1.93. The Labute approximate surface area is 264 Å². The van der Waals surface area contributed by atoms with Crippen molar-refractivity contribution in [3.05, 3.63) is 204 Å². The van der Waals surface area contributed by atoms with Gasteiger partial charge < -0.3 is 9.47 Å². The highest BCUT2D eigenvalue weighted by molar-refractivity contribution is 5.80. The van der Waals surface area contributed by atoms with E-state index in [1.807, 2.05) is 48.5 Å². The molecule has 0 spiro atoms. The molecule has 0 aliphatic heterocycles. The van der Waals surface area contributed by atoms with Crippen LogP contribution in [-0.2, 0) is 0 Å². The van der Waals surface area contributed by atoms with Crippen molar-refractivity contribution >= 4 is 11.1 Å². The zero-order chi connectivity index (χ0) is 31.9. The van der Waals surface area contributed by atoms with Crippen LogP contribution in [0.4, 0.5) is 17.6 Å². The number of rotatable bonds is 9. The number of hydrogen-bond acceptors (Lipinski definition) is 2. The van der Waals surface area contributed by atoms with Gasteiger partial charge >= 0.3 is 0 Å². The molecule has 0 aliphatic rings. The van der Waals surface area contributed by atoms with Crippen molar-refractivity contribution in [3.63, 3.8) is 0 Å². The summed E-state index contributed by atoms with van der Waals surface area (Å²) in [5.74, 6) is -0.234. The minimum absolute atomic E-state index is 0.352. The smallest absolute Gasteiger partial charge is 0.126 e. The third-order valence-corrected chi connectivity index (χ3v) is 7.29. The van der Waals surface area contributed by atoms with Gasteiger partial charge in [0, 0.05) is 11.1 Å². The van der Waals surface area contributed by atoms with Crippen LogP contribution < -0.4 is 9.47 Å². The van der Waals surface area contributed by atoms with Crippen LogP contribution in [0.25, 0.3) is 22.3 Å². The standard InChI is InChI=1S/C40H26F4O2/c41-33-13-1-29(2-14-33)39(30-3-15-34(42)16-4-30)25-45-37-21-9-27(10-22-37)28-11-23-38(24-12-28)46-26-40(31-5-17-35(43)18-6-31)32-7-19-36(44)20-8-32/h1-26H. The van der Waals surface area contributed by atoms with Gasteiger partial charge in [0.25, 0.3) is 0 Å². The Morgan fingerprint density at radius 1 is 0.326 bits per heavy atom. The fourth-order valence-electron chi connectivity index (χ4n) is 4.83. The Bertz CT molecular complexity index is 1720. The van der Waals surface area contributed by atoms with E-state index in [1.54, 1.807) is 61.1 Å². The fourth-order valence-corrected chi connectivity index (χ4v) is 4.83. The van der Waals surface area contributed by atoms with E-state index >= 15 is 0 Å². The van der Waals surface area contributed by atoms with Crippen LogP contribution in [-0.4, -0.2) is 0 Å². The molecule has 0 atom stereocenters. The molecule has 226 valence electrons. The van der Waals surface area contributed by atoms with Crippen LogP contribution in [0.5, 0.6) is 11.5 Å². The van der Waals surface area contributed by atoms with Gasteiger partial charge in [-0.25, -0.2) is 17.6 Å². The summed E-state index contributed by atoms with van der Waals surface area (Å²) in [6.07, 6.45) is 3.14. The lowest BCUT2D eigenvalue weighted by atomic mass is 9.99. The van der Waals surface area contributed by atoms with Crippen molar-refractivity contribution < 1.29 is 27.0 Å². The average molecular weight is 615 g/mol. The van der Waals surface area contributed by atoms with Crippen LogP contribution in [0.2, 0.25) is 0 Å². The molecule has 0 amide bonds. The minimum atomic E-state index is -0.352. The Kier molecular flexibility index (Phi) is 9.07. The van der Waals surface area contributed by atoms with Gasteiger partial charge in [0.1, 0.15) is 34.8 Å². The molecule has 6 aromatic rings. The van der Waals surface area contributed by atoms with Gasteiger partial charge in [-0.15, -0.1) is 0 Å². The average Bonchev–Trinajstić information content (AvgIpc) is 3.08. The molecule has 6 rings (SSSR count). The predicted octanol–water partition coefficient (Wildman–Crippen LogP) is 10.8. The van der Waals surface area contributed by atoms with Crippen molar-refractivity contribution in [1.29, 1.82) is 0 Å². The first-order valence-corrected chi connectivity index (χ1v) is 14.4. The minimum Gasteiger partial charge on any atom is -0.464 e. The van der Waals surface area contributed by atoms with E-state index in [4.69, 9.17) is 9.47 Å². The van der Waals surface area contributed by atoms with Crippen molar-refractivity contribution in [2.24, 2.45) is 0 Å². The van der Waals surface area contributed by atoms with Gasteiger partial charge in [0.15, 0.2) is 0 Å². The van der Waals surface area contributed by atoms with Crippen LogP contribution in [0, 0.1) is 23.3 Å². The zero-order valence-electron chi connectivity index (χ0n) is 24.3. The Hall–Kier alpha value is -5.88. The van der Waals surface area contributed by atoms with Gasteiger partial charge in [-0.2, -0.15) is 0 Å². The quantitative estimate of drug-likeness (QED) is 0.119. The molecule has 6 aromatic carbocycles. The summed E-state index contributed by atoms with van der Waals surface area (Å²) in [6.45, 7) is 0. The summed E-state index contributed by atoms with van der Waals surface area (Å²) >= 11 is 0. The SMILES string of the molecule is Fc1ccc(C(=COc2ccc(-c3ccc(OC=C(c4ccc(F)cc4)c4ccc(F)cc4)cc3)cc2)c2ccc(F)cc2)cc1. The first-order chi connectivity index (χ1) is 22.4. The summed E-state index contributed by atoms with van der Waals surface area (Å²) in [4.78, 5) is 0. The number of halogens is 4. The summed E-state index contributed by atoms with van der Waals surface area (Å²) in [5.41, 5.74) is 6.16. The maximum absolute atomic E-state index is 13.5. The van der Waals surface area contributed by atoms with Crippen LogP contribution in [0.1, 0.15) is 22.3 Å². The molecule has 0 unspecified atom stereocenters. The third-order valence-electron chi connectivity index (χ3n) is 7.29. The number of hydrogen-bond donors (Lipinski definition) is 0. The molecule has 6 heteroatoms. The molecule has 0 aliphatic carbocycles. The van der Waals surface area contributed by atoms with Crippen molar-refractivity contribution in [1.82, 2.24) is 0 Å². The van der Waals surface area contributed by atoms with Crippen molar-refractivity contribution in [2.75, 3.05) is 0 Å². The number of benzene rings is 6. The van der Waals surface area contributed by atoms with Crippen molar-refractivity contribution in [2.45, 2.75) is 0 Å². The van der Waals surface area contributed by atoms with Gasteiger partial charge in [-0.1, -0.05) is 72.8 Å². The Morgan fingerprint density at radius 3 is 0.804 bits per heavy atom. The van der Waals surface area contributed by atoms with E-state index in [9.17, 15) is 17.6 Å². The molecular weight excluding hydrogens is 588 g/mol. The maximum atomic E-state index is 13.5. The first kappa shape index (κ1) is 30.2. The molecule has 0 fully saturated rings. The highest BCUT2D eigenvalue weighted by atomic mass is 19.1. The van der Waals surface area contributed by atoms with E-state index in [2.05, 4.69) is 0 Å². The van der Waals surface area contributed by atoms with E-state index in [0.29, 0.717) is 22.6 Å². The molecule has 0 bridgehead atoms. The van der Waals surface area contributed by atoms with E-state index in [1.165, 1.54) is 48.5 Å². The van der Waals surface area contributed by atoms with Crippen LogP contribution in [0.3, 0.4) is 0 Å². The maximum Gasteiger partial charge on any atom is 0.126 e. The summed E-state index contributed by atoms with van der Waals surface area (Å²) in [7, 11) is 0.